The SMILES string of the molecule is CCCCNC(=O)c1ccc(C(/C=C(/c2cc(Cl)cc(Cl)c2)C(F)(F)F)N=O)cc1C. The molecule has 2 rings (SSSR count). The van der Waals surface area contributed by atoms with E-state index in [1.54, 1.807) is 6.92 Å². The first-order valence-corrected chi connectivity index (χ1v) is 10.3. The van der Waals surface area contributed by atoms with Gasteiger partial charge in [-0.15, -0.1) is 4.91 Å². The molecule has 166 valence electrons. The lowest BCUT2D eigenvalue weighted by Gasteiger charge is -2.16. The fourth-order valence-electron chi connectivity index (χ4n) is 3.01. The Kier molecular flexibility index (Phi) is 8.65. The minimum atomic E-state index is -4.77. The van der Waals surface area contributed by atoms with Crippen molar-refractivity contribution in [2.45, 2.75) is 38.9 Å². The third kappa shape index (κ3) is 6.80. The van der Waals surface area contributed by atoms with Crippen molar-refractivity contribution in [1.82, 2.24) is 5.32 Å². The van der Waals surface area contributed by atoms with Gasteiger partial charge in [0.05, 0.1) is 5.57 Å². The molecule has 2 aromatic carbocycles. The zero-order valence-corrected chi connectivity index (χ0v) is 18.4. The van der Waals surface area contributed by atoms with E-state index in [0.717, 1.165) is 31.1 Å². The van der Waals surface area contributed by atoms with Crippen LogP contribution in [0.3, 0.4) is 0 Å². The van der Waals surface area contributed by atoms with E-state index < -0.39 is 17.8 Å². The molecule has 0 spiro atoms. The molecule has 1 atom stereocenters. The van der Waals surface area contributed by atoms with Crippen molar-refractivity contribution in [3.05, 3.63) is 79.7 Å². The van der Waals surface area contributed by atoms with Gasteiger partial charge in [-0.1, -0.05) is 53.9 Å². The lowest BCUT2D eigenvalue weighted by molar-refractivity contribution is -0.0691. The monoisotopic (exact) mass is 472 g/mol. The van der Waals surface area contributed by atoms with Gasteiger partial charge in [0.15, 0.2) is 0 Å². The van der Waals surface area contributed by atoms with Crippen molar-refractivity contribution in [2.75, 3.05) is 6.54 Å². The Hall–Kier alpha value is -2.38. The average molecular weight is 473 g/mol. The van der Waals surface area contributed by atoms with Crippen LogP contribution in [0.25, 0.3) is 5.57 Å². The number of nitrogens with zero attached hydrogens (tertiary/aromatic N) is 1. The van der Waals surface area contributed by atoms with Crippen molar-refractivity contribution in [3.8, 4) is 0 Å². The predicted molar refractivity (Wildman–Crippen MR) is 117 cm³/mol. The molecule has 1 N–H and O–H groups in total. The molecule has 1 unspecified atom stereocenters. The van der Waals surface area contributed by atoms with E-state index in [4.69, 9.17) is 23.2 Å². The highest BCUT2D eigenvalue weighted by atomic mass is 35.5. The van der Waals surface area contributed by atoms with E-state index in [1.165, 1.54) is 24.3 Å². The second kappa shape index (κ2) is 10.8. The van der Waals surface area contributed by atoms with Crippen molar-refractivity contribution in [3.63, 3.8) is 0 Å². The summed E-state index contributed by atoms with van der Waals surface area (Å²) in [6.45, 7) is 4.17. The zero-order chi connectivity index (χ0) is 23.2. The highest BCUT2D eigenvalue weighted by molar-refractivity contribution is 6.34. The number of hydrogen-bond acceptors (Lipinski definition) is 3. The molecule has 4 nitrogen and oxygen atoms in total. The minimum absolute atomic E-state index is 0.0301. The fourth-order valence-corrected chi connectivity index (χ4v) is 3.53. The molecule has 1 amide bonds. The van der Waals surface area contributed by atoms with Gasteiger partial charge in [-0.05, 0) is 60.4 Å². The maximum absolute atomic E-state index is 13.7. The summed E-state index contributed by atoms with van der Waals surface area (Å²) in [5, 5.41) is 5.70. The van der Waals surface area contributed by atoms with Crippen LogP contribution in [0.4, 0.5) is 13.2 Å². The number of halogens is 5. The first-order valence-electron chi connectivity index (χ1n) is 9.53. The normalized spacial score (nSPS) is 13.1. The quantitative estimate of drug-likeness (QED) is 0.324. The summed E-state index contributed by atoms with van der Waals surface area (Å²) in [6.07, 6.45) is -2.29. The van der Waals surface area contributed by atoms with Gasteiger partial charge in [0.1, 0.15) is 6.04 Å². The van der Waals surface area contributed by atoms with Gasteiger partial charge in [0, 0.05) is 22.2 Å². The Morgan fingerprint density at radius 3 is 2.32 bits per heavy atom. The van der Waals surface area contributed by atoms with Crippen molar-refractivity contribution >= 4 is 34.7 Å². The molecular weight excluding hydrogens is 452 g/mol. The van der Waals surface area contributed by atoms with Crippen molar-refractivity contribution in [2.24, 2.45) is 5.18 Å². The lowest BCUT2D eigenvalue weighted by atomic mass is 9.96. The average Bonchev–Trinajstić information content (AvgIpc) is 2.67. The first-order chi connectivity index (χ1) is 14.6. The summed E-state index contributed by atoms with van der Waals surface area (Å²) >= 11 is 11.7. The number of unbranched alkanes of at least 4 members (excludes halogenated alkanes) is 1. The summed E-state index contributed by atoms with van der Waals surface area (Å²) < 4.78 is 41.2. The topological polar surface area (TPSA) is 58.5 Å². The molecule has 0 bridgehead atoms. The standard InChI is InChI=1S/C22H21Cl2F3N2O2/c1-3-4-7-28-21(30)18-6-5-14(8-13(18)2)20(29-31)12-19(22(25,26)27)15-9-16(23)11-17(24)10-15/h5-6,8-12,20H,3-4,7H2,1-2H3,(H,28,30)/b19-12-. The van der Waals surface area contributed by atoms with Gasteiger partial charge in [-0.25, -0.2) is 0 Å². The van der Waals surface area contributed by atoms with Gasteiger partial charge < -0.3 is 5.32 Å². The molecule has 0 saturated carbocycles. The van der Waals surface area contributed by atoms with Crippen LogP contribution in [0, 0.1) is 11.8 Å². The van der Waals surface area contributed by atoms with Gasteiger partial charge in [-0.2, -0.15) is 13.2 Å². The molecule has 2 aromatic rings. The predicted octanol–water partition coefficient (Wildman–Crippen LogP) is 7.29. The third-order valence-corrected chi connectivity index (χ3v) is 5.01. The summed E-state index contributed by atoms with van der Waals surface area (Å²) in [5.74, 6) is -0.284. The summed E-state index contributed by atoms with van der Waals surface area (Å²) in [6, 6.07) is 6.49. The first kappa shape index (κ1) is 24.9. The number of rotatable bonds is 8. The highest BCUT2D eigenvalue weighted by Gasteiger charge is 2.36. The molecular formula is C22H21Cl2F3N2O2. The van der Waals surface area contributed by atoms with Crippen LogP contribution in [-0.2, 0) is 0 Å². The molecule has 0 radical (unpaired) electrons. The Morgan fingerprint density at radius 2 is 1.81 bits per heavy atom. The van der Waals surface area contributed by atoms with Crippen LogP contribution in [0.15, 0.2) is 47.7 Å². The van der Waals surface area contributed by atoms with Crippen LogP contribution in [0.2, 0.25) is 10.0 Å². The fraction of sp³-hybridized carbons (Fsp3) is 0.318. The molecule has 0 fully saturated rings. The Balaban J connectivity index is 2.42. The highest BCUT2D eigenvalue weighted by Crippen LogP contribution is 2.38. The van der Waals surface area contributed by atoms with E-state index in [1.807, 2.05) is 6.92 Å². The zero-order valence-electron chi connectivity index (χ0n) is 16.9. The van der Waals surface area contributed by atoms with Crippen LogP contribution < -0.4 is 5.32 Å². The van der Waals surface area contributed by atoms with Gasteiger partial charge in [0.25, 0.3) is 5.91 Å². The number of nitrogens with one attached hydrogen (secondary N) is 1. The van der Waals surface area contributed by atoms with E-state index in [-0.39, 0.29) is 27.1 Å². The molecule has 0 saturated heterocycles. The lowest BCUT2D eigenvalue weighted by Crippen LogP contribution is -2.25. The molecule has 0 aliphatic heterocycles. The van der Waals surface area contributed by atoms with Crippen LogP contribution in [-0.4, -0.2) is 18.6 Å². The second-order valence-corrected chi connectivity index (χ2v) is 7.84. The molecule has 0 aliphatic rings. The number of hydrogen-bond donors (Lipinski definition) is 1. The number of nitroso groups, excluding NO2 is 1. The van der Waals surface area contributed by atoms with E-state index in [9.17, 15) is 22.9 Å². The maximum Gasteiger partial charge on any atom is 0.416 e. The van der Waals surface area contributed by atoms with Crippen LogP contribution in [0.1, 0.15) is 52.9 Å². The van der Waals surface area contributed by atoms with Crippen molar-refractivity contribution in [1.29, 1.82) is 0 Å². The second-order valence-electron chi connectivity index (χ2n) is 6.97. The number of benzene rings is 2. The van der Waals surface area contributed by atoms with Gasteiger partial charge >= 0.3 is 6.18 Å². The molecule has 9 heteroatoms. The number of carbonyl (C=O) groups is 1. The number of aryl methyl sites for hydroxylation is 1. The molecule has 0 aliphatic carbocycles. The summed E-state index contributed by atoms with van der Waals surface area (Å²) in [7, 11) is 0. The van der Waals surface area contributed by atoms with Gasteiger partial charge in [-0.3, -0.25) is 4.79 Å². The number of alkyl halides is 3. The Bertz CT molecular complexity index is 971. The summed E-state index contributed by atoms with van der Waals surface area (Å²) in [5.41, 5.74) is -0.227. The molecule has 0 heterocycles. The molecule has 31 heavy (non-hydrogen) atoms. The number of carbonyl (C=O) groups excluding carboxylic acids is 1. The summed E-state index contributed by atoms with van der Waals surface area (Å²) in [4.78, 5) is 23.7. The van der Waals surface area contributed by atoms with E-state index in [0.29, 0.717) is 17.7 Å². The third-order valence-electron chi connectivity index (χ3n) is 4.57. The van der Waals surface area contributed by atoms with Crippen LogP contribution >= 0.6 is 23.2 Å². The Labute approximate surface area is 188 Å². The number of allylic oxidation sites excluding steroid dienone is 1. The Morgan fingerprint density at radius 1 is 1.16 bits per heavy atom. The largest absolute Gasteiger partial charge is 0.416 e. The van der Waals surface area contributed by atoms with Crippen LogP contribution in [0.5, 0.6) is 0 Å². The van der Waals surface area contributed by atoms with E-state index in [2.05, 4.69) is 10.5 Å². The molecule has 0 aromatic heterocycles. The number of amides is 1. The van der Waals surface area contributed by atoms with E-state index >= 15 is 0 Å². The van der Waals surface area contributed by atoms with Crippen molar-refractivity contribution < 1.29 is 18.0 Å². The minimum Gasteiger partial charge on any atom is -0.352 e. The van der Waals surface area contributed by atoms with Gasteiger partial charge in [0.2, 0.25) is 0 Å². The maximum atomic E-state index is 13.7. The smallest absolute Gasteiger partial charge is 0.352 e.